The summed E-state index contributed by atoms with van der Waals surface area (Å²) in [6.07, 6.45) is 1.01. The standard InChI is InChI=1S/C13H14ClN3O/c14-12-10-4-1-2-5-11(10)13(16-15-12)17-6-3-8-18-9-7-17/h1-2,4-5H,3,6-9H2. The highest BCUT2D eigenvalue weighted by Gasteiger charge is 2.15. The molecule has 3 rings (SSSR count). The Morgan fingerprint density at radius 1 is 1.06 bits per heavy atom. The van der Waals surface area contributed by atoms with Crippen LogP contribution in [0.3, 0.4) is 0 Å². The van der Waals surface area contributed by atoms with E-state index < -0.39 is 0 Å². The highest BCUT2D eigenvalue weighted by Crippen LogP contribution is 2.28. The lowest BCUT2D eigenvalue weighted by Crippen LogP contribution is -2.27. The van der Waals surface area contributed by atoms with Crippen molar-refractivity contribution >= 4 is 28.2 Å². The van der Waals surface area contributed by atoms with Crippen LogP contribution in [0.2, 0.25) is 5.15 Å². The molecule has 0 saturated carbocycles. The Morgan fingerprint density at radius 3 is 2.78 bits per heavy atom. The molecule has 94 valence electrons. The molecule has 0 bridgehead atoms. The number of benzene rings is 1. The van der Waals surface area contributed by atoms with Crippen LogP contribution in [0.5, 0.6) is 0 Å². The number of ether oxygens (including phenoxy) is 1. The Bertz CT molecular complexity index is 553. The molecule has 1 aliphatic heterocycles. The molecule has 2 aromatic rings. The van der Waals surface area contributed by atoms with Crippen LogP contribution < -0.4 is 4.90 Å². The second-order valence-corrected chi connectivity index (χ2v) is 4.67. The van der Waals surface area contributed by atoms with Crippen LogP contribution in [-0.4, -0.2) is 36.5 Å². The first-order chi connectivity index (χ1) is 8.86. The Hall–Kier alpha value is -1.39. The molecule has 4 nitrogen and oxygen atoms in total. The Kier molecular flexibility index (Phi) is 3.30. The lowest BCUT2D eigenvalue weighted by atomic mass is 10.2. The van der Waals surface area contributed by atoms with E-state index in [0.717, 1.165) is 49.3 Å². The Morgan fingerprint density at radius 2 is 1.89 bits per heavy atom. The third-order valence-electron chi connectivity index (χ3n) is 3.14. The summed E-state index contributed by atoms with van der Waals surface area (Å²) in [6.45, 7) is 3.34. The van der Waals surface area contributed by atoms with Gasteiger partial charge in [0.2, 0.25) is 0 Å². The largest absolute Gasteiger partial charge is 0.380 e. The van der Waals surface area contributed by atoms with Crippen LogP contribution in [0.4, 0.5) is 5.82 Å². The predicted molar refractivity (Wildman–Crippen MR) is 72.2 cm³/mol. The van der Waals surface area contributed by atoms with Gasteiger partial charge in [-0.25, -0.2) is 0 Å². The first-order valence-corrected chi connectivity index (χ1v) is 6.47. The summed E-state index contributed by atoms with van der Waals surface area (Å²) in [7, 11) is 0. The molecular weight excluding hydrogens is 250 g/mol. The van der Waals surface area contributed by atoms with E-state index in [1.807, 2.05) is 24.3 Å². The van der Waals surface area contributed by atoms with Gasteiger partial charge < -0.3 is 9.64 Å². The van der Waals surface area contributed by atoms with E-state index in [9.17, 15) is 0 Å². The monoisotopic (exact) mass is 263 g/mol. The molecule has 0 spiro atoms. The van der Waals surface area contributed by atoms with E-state index >= 15 is 0 Å². The minimum Gasteiger partial charge on any atom is -0.380 e. The fraction of sp³-hybridized carbons (Fsp3) is 0.385. The second kappa shape index (κ2) is 5.08. The zero-order valence-corrected chi connectivity index (χ0v) is 10.7. The van der Waals surface area contributed by atoms with Gasteiger partial charge in [0.15, 0.2) is 11.0 Å². The van der Waals surface area contributed by atoms with Gasteiger partial charge in [-0.3, -0.25) is 0 Å². The fourth-order valence-electron chi connectivity index (χ4n) is 2.25. The number of anilines is 1. The number of nitrogens with zero attached hydrogens (tertiary/aromatic N) is 3. The molecule has 0 amide bonds. The first kappa shape index (κ1) is 11.7. The minimum absolute atomic E-state index is 0.459. The van der Waals surface area contributed by atoms with Crippen LogP contribution in [0.25, 0.3) is 10.8 Å². The summed E-state index contributed by atoms with van der Waals surface area (Å²) >= 11 is 6.08. The molecule has 0 aliphatic carbocycles. The molecular formula is C13H14ClN3O. The number of hydrogen-bond acceptors (Lipinski definition) is 4. The van der Waals surface area contributed by atoms with Gasteiger partial charge in [-0.15, -0.1) is 10.2 Å². The Labute approximate surface area is 111 Å². The first-order valence-electron chi connectivity index (χ1n) is 6.10. The maximum atomic E-state index is 6.08. The normalized spacial score (nSPS) is 16.8. The van der Waals surface area contributed by atoms with Gasteiger partial charge in [0.1, 0.15) is 0 Å². The van der Waals surface area contributed by atoms with Gasteiger partial charge in [-0.1, -0.05) is 35.9 Å². The van der Waals surface area contributed by atoms with Crippen LogP contribution in [0.1, 0.15) is 6.42 Å². The molecule has 1 aromatic heterocycles. The lowest BCUT2D eigenvalue weighted by molar-refractivity contribution is 0.152. The average molecular weight is 264 g/mol. The molecule has 0 radical (unpaired) electrons. The van der Waals surface area contributed by atoms with Crippen molar-refractivity contribution in [3.63, 3.8) is 0 Å². The smallest absolute Gasteiger partial charge is 0.159 e. The van der Waals surface area contributed by atoms with Crippen molar-refractivity contribution in [2.24, 2.45) is 0 Å². The molecule has 0 atom stereocenters. The van der Waals surface area contributed by atoms with Gasteiger partial charge in [-0.05, 0) is 6.42 Å². The number of hydrogen-bond donors (Lipinski definition) is 0. The zero-order valence-electron chi connectivity index (χ0n) is 9.97. The molecule has 0 unspecified atom stereocenters. The van der Waals surface area contributed by atoms with Crippen molar-refractivity contribution in [1.82, 2.24) is 10.2 Å². The molecule has 0 N–H and O–H groups in total. The van der Waals surface area contributed by atoms with Crippen molar-refractivity contribution in [3.8, 4) is 0 Å². The SMILES string of the molecule is Clc1nnc(N2CCCOCC2)c2ccccc12. The number of halogens is 1. The number of aromatic nitrogens is 2. The summed E-state index contributed by atoms with van der Waals surface area (Å²) in [5, 5.41) is 10.8. The summed E-state index contributed by atoms with van der Waals surface area (Å²) in [4.78, 5) is 2.22. The third-order valence-corrected chi connectivity index (χ3v) is 3.42. The van der Waals surface area contributed by atoms with Crippen molar-refractivity contribution < 1.29 is 4.74 Å². The van der Waals surface area contributed by atoms with Gasteiger partial charge in [-0.2, -0.15) is 0 Å². The van der Waals surface area contributed by atoms with E-state index in [-0.39, 0.29) is 0 Å². The van der Waals surface area contributed by atoms with Crippen LogP contribution in [-0.2, 0) is 4.74 Å². The maximum absolute atomic E-state index is 6.08. The van der Waals surface area contributed by atoms with Crippen molar-refractivity contribution in [2.75, 3.05) is 31.2 Å². The van der Waals surface area contributed by atoms with Crippen molar-refractivity contribution in [3.05, 3.63) is 29.4 Å². The highest BCUT2D eigenvalue weighted by molar-refractivity contribution is 6.34. The number of fused-ring (bicyclic) bond motifs is 1. The molecule has 1 fully saturated rings. The van der Waals surface area contributed by atoms with E-state index in [4.69, 9.17) is 16.3 Å². The van der Waals surface area contributed by atoms with Crippen molar-refractivity contribution in [1.29, 1.82) is 0 Å². The van der Waals surface area contributed by atoms with Gasteiger partial charge in [0.25, 0.3) is 0 Å². The minimum atomic E-state index is 0.459. The quantitative estimate of drug-likeness (QED) is 0.792. The van der Waals surface area contributed by atoms with Crippen LogP contribution in [0.15, 0.2) is 24.3 Å². The fourth-order valence-corrected chi connectivity index (χ4v) is 2.45. The topological polar surface area (TPSA) is 38.2 Å². The molecule has 1 saturated heterocycles. The van der Waals surface area contributed by atoms with Crippen LogP contribution in [0, 0.1) is 0 Å². The van der Waals surface area contributed by atoms with Gasteiger partial charge >= 0.3 is 0 Å². The summed E-state index contributed by atoms with van der Waals surface area (Å²) < 4.78 is 5.47. The van der Waals surface area contributed by atoms with E-state index in [0.29, 0.717) is 5.15 Å². The third kappa shape index (κ3) is 2.13. The molecule has 1 aromatic carbocycles. The summed E-state index contributed by atoms with van der Waals surface area (Å²) in [5.41, 5.74) is 0. The molecule has 5 heteroatoms. The zero-order chi connectivity index (χ0) is 12.4. The molecule has 2 heterocycles. The predicted octanol–water partition coefficient (Wildman–Crippen LogP) is 2.51. The summed E-state index contributed by atoms with van der Waals surface area (Å²) in [6, 6.07) is 7.98. The summed E-state index contributed by atoms with van der Waals surface area (Å²) in [5.74, 6) is 0.903. The van der Waals surface area contributed by atoms with E-state index in [1.54, 1.807) is 0 Å². The van der Waals surface area contributed by atoms with Gasteiger partial charge in [0.05, 0.1) is 6.61 Å². The van der Waals surface area contributed by atoms with Crippen molar-refractivity contribution in [2.45, 2.75) is 6.42 Å². The molecule has 18 heavy (non-hydrogen) atoms. The van der Waals surface area contributed by atoms with Crippen LogP contribution >= 0.6 is 11.6 Å². The van der Waals surface area contributed by atoms with E-state index in [1.165, 1.54) is 0 Å². The maximum Gasteiger partial charge on any atom is 0.159 e. The average Bonchev–Trinajstić information content (AvgIpc) is 2.68. The highest BCUT2D eigenvalue weighted by atomic mass is 35.5. The number of rotatable bonds is 1. The second-order valence-electron chi connectivity index (χ2n) is 4.31. The lowest BCUT2D eigenvalue weighted by Gasteiger charge is -2.21. The van der Waals surface area contributed by atoms with E-state index in [2.05, 4.69) is 15.1 Å². The van der Waals surface area contributed by atoms with Gasteiger partial charge in [0, 0.05) is 30.5 Å². The Balaban J connectivity index is 2.08. The molecule has 1 aliphatic rings.